The van der Waals surface area contributed by atoms with E-state index in [1.807, 2.05) is 0 Å². The topological polar surface area (TPSA) is 73.1 Å². The van der Waals surface area contributed by atoms with Crippen molar-refractivity contribution >= 4 is 5.95 Å². The van der Waals surface area contributed by atoms with Gasteiger partial charge in [-0.2, -0.15) is 9.37 Å². The second-order valence-electron chi connectivity index (χ2n) is 3.47. The molecule has 1 heterocycles. The normalized spacial score (nSPS) is 10.2. The number of aryl methyl sites for hydroxylation is 1. The predicted molar refractivity (Wildman–Crippen MR) is 61.0 cm³/mol. The summed E-state index contributed by atoms with van der Waals surface area (Å²) in [6.45, 7) is 1.69. The number of nitrogens with zero attached hydrogens (tertiary/aromatic N) is 2. The van der Waals surface area contributed by atoms with Gasteiger partial charge in [0.1, 0.15) is 0 Å². The van der Waals surface area contributed by atoms with E-state index >= 15 is 0 Å². The Balaban J connectivity index is 2.34. The highest BCUT2D eigenvalue weighted by Crippen LogP contribution is 2.25. The van der Waals surface area contributed by atoms with Crippen LogP contribution in [0.5, 0.6) is 11.6 Å². The van der Waals surface area contributed by atoms with Crippen LogP contribution in [0.25, 0.3) is 0 Å². The van der Waals surface area contributed by atoms with Crippen LogP contribution >= 0.6 is 0 Å². The molecule has 0 radical (unpaired) electrons. The molecule has 0 aliphatic rings. The zero-order chi connectivity index (χ0) is 13.1. The van der Waals surface area contributed by atoms with Gasteiger partial charge in [0.15, 0.2) is 11.6 Å². The molecule has 3 N–H and O–H groups in total. The molecule has 0 atom stereocenters. The Morgan fingerprint density at radius 2 is 2.06 bits per heavy atom. The molecule has 5 nitrogen and oxygen atoms in total. The molecule has 2 aromatic rings. The van der Waals surface area contributed by atoms with Crippen LogP contribution in [0, 0.1) is 18.6 Å². The molecule has 0 fully saturated rings. The van der Waals surface area contributed by atoms with Crippen molar-refractivity contribution in [3.8, 4) is 11.6 Å². The average molecular weight is 252 g/mol. The SMILES string of the molecule is Cc1cc(Oc2cccc(F)c2F)nc(NN)n1. The van der Waals surface area contributed by atoms with Gasteiger partial charge in [-0.3, -0.25) is 5.43 Å². The van der Waals surface area contributed by atoms with Crippen molar-refractivity contribution in [2.24, 2.45) is 5.84 Å². The molecule has 18 heavy (non-hydrogen) atoms. The lowest BCUT2D eigenvalue weighted by atomic mass is 10.3. The first-order chi connectivity index (χ1) is 8.60. The molecule has 0 aliphatic carbocycles. The molecule has 0 unspecified atom stereocenters. The van der Waals surface area contributed by atoms with Crippen LogP contribution in [0.3, 0.4) is 0 Å². The van der Waals surface area contributed by atoms with E-state index in [0.29, 0.717) is 5.69 Å². The number of rotatable bonds is 3. The number of nitrogens with two attached hydrogens (primary N) is 1. The first-order valence-corrected chi connectivity index (χ1v) is 5.04. The fourth-order valence-electron chi connectivity index (χ4n) is 1.33. The summed E-state index contributed by atoms with van der Waals surface area (Å²) in [6.07, 6.45) is 0. The Morgan fingerprint density at radius 3 is 2.78 bits per heavy atom. The molecular formula is C11H10F2N4O. The quantitative estimate of drug-likeness (QED) is 0.646. The Labute approximate surface area is 102 Å². The largest absolute Gasteiger partial charge is 0.436 e. The van der Waals surface area contributed by atoms with Crippen molar-refractivity contribution in [3.05, 3.63) is 41.6 Å². The molecule has 0 spiro atoms. The maximum absolute atomic E-state index is 13.4. The molecule has 0 aliphatic heterocycles. The summed E-state index contributed by atoms with van der Waals surface area (Å²) in [5, 5.41) is 0. The van der Waals surface area contributed by atoms with Gasteiger partial charge in [0.25, 0.3) is 0 Å². The molecule has 0 saturated heterocycles. The van der Waals surface area contributed by atoms with Crippen molar-refractivity contribution in [2.75, 3.05) is 5.43 Å². The summed E-state index contributed by atoms with van der Waals surface area (Å²) >= 11 is 0. The van der Waals surface area contributed by atoms with E-state index in [4.69, 9.17) is 10.6 Å². The summed E-state index contributed by atoms with van der Waals surface area (Å²) in [6, 6.07) is 5.11. The molecule has 1 aromatic heterocycles. The van der Waals surface area contributed by atoms with Crippen LogP contribution in [0.2, 0.25) is 0 Å². The van der Waals surface area contributed by atoms with Gasteiger partial charge in [-0.1, -0.05) is 6.07 Å². The van der Waals surface area contributed by atoms with E-state index in [0.717, 1.165) is 6.07 Å². The number of ether oxygens (including phenoxy) is 1. The van der Waals surface area contributed by atoms with Crippen molar-refractivity contribution in [2.45, 2.75) is 6.92 Å². The van der Waals surface area contributed by atoms with E-state index < -0.39 is 11.6 Å². The summed E-state index contributed by atoms with van der Waals surface area (Å²) in [7, 11) is 0. The third kappa shape index (κ3) is 2.51. The number of halogens is 2. The van der Waals surface area contributed by atoms with Crippen molar-refractivity contribution in [3.63, 3.8) is 0 Å². The second kappa shape index (κ2) is 4.92. The maximum Gasteiger partial charge on any atom is 0.240 e. The standard InChI is InChI=1S/C11H10F2N4O/c1-6-5-9(16-11(15-6)17-14)18-8-4-2-3-7(12)10(8)13/h2-5H,14H2,1H3,(H,15,16,17). The van der Waals surface area contributed by atoms with Crippen LogP contribution < -0.4 is 16.0 Å². The number of hydrogen-bond donors (Lipinski definition) is 2. The molecule has 1 aromatic carbocycles. The van der Waals surface area contributed by atoms with Gasteiger partial charge in [0.2, 0.25) is 17.6 Å². The number of hydrazine groups is 1. The lowest BCUT2D eigenvalue weighted by Crippen LogP contribution is -2.11. The molecule has 94 valence electrons. The van der Waals surface area contributed by atoms with Gasteiger partial charge in [-0.15, -0.1) is 0 Å². The van der Waals surface area contributed by atoms with E-state index in [1.165, 1.54) is 18.2 Å². The number of hydrogen-bond acceptors (Lipinski definition) is 5. The summed E-state index contributed by atoms with van der Waals surface area (Å²) in [5.41, 5.74) is 2.82. The van der Waals surface area contributed by atoms with E-state index in [2.05, 4.69) is 15.4 Å². The maximum atomic E-state index is 13.4. The van der Waals surface area contributed by atoms with Gasteiger partial charge in [-0.05, 0) is 19.1 Å². The van der Waals surface area contributed by atoms with E-state index in [1.54, 1.807) is 6.92 Å². The first-order valence-electron chi connectivity index (χ1n) is 5.04. The van der Waals surface area contributed by atoms with Gasteiger partial charge in [0.05, 0.1) is 0 Å². The number of aromatic nitrogens is 2. The number of nitrogens with one attached hydrogen (secondary N) is 1. The summed E-state index contributed by atoms with van der Waals surface area (Å²) < 4.78 is 31.5. The van der Waals surface area contributed by atoms with Crippen molar-refractivity contribution < 1.29 is 13.5 Å². The van der Waals surface area contributed by atoms with Gasteiger partial charge in [0, 0.05) is 11.8 Å². The van der Waals surface area contributed by atoms with Crippen LogP contribution in [0.4, 0.5) is 14.7 Å². The highest BCUT2D eigenvalue weighted by atomic mass is 19.2. The number of nitrogen functional groups attached to an aromatic ring is 1. The molecule has 7 heteroatoms. The Kier molecular flexibility index (Phi) is 3.33. The zero-order valence-electron chi connectivity index (χ0n) is 9.45. The third-order valence-corrected chi connectivity index (χ3v) is 2.09. The van der Waals surface area contributed by atoms with Gasteiger partial charge >= 0.3 is 0 Å². The fourth-order valence-corrected chi connectivity index (χ4v) is 1.33. The molecule has 0 bridgehead atoms. The highest BCUT2D eigenvalue weighted by Gasteiger charge is 2.11. The summed E-state index contributed by atoms with van der Waals surface area (Å²) in [4.78, 5) is 7.80. The van der Waals surface area contributed by atoms with Crippen LogP contribution in [0.1, 0.15) is 5.69 Å². The minimum atomic E-state index is -1.07. The van der Waals surface area contributed by atoms with E-state index in [-0.39, 0.29) is 17.6 Å². The van der Waals surface area contributed by atoms with Crippen LogP contribution in [-0.4, -0.2) is 9.97 Å². The first kappa shape index (κ1) is 12.2. The Hall–Kier alpha value is -2.28. The van der Waals surface area contributed by atoms with Gasteiger partial charge < -0.3 is 4.74 Å². The molecule has 0 amide bonds. The number of anilines is 1. The van der Waals surface area contributed by atoms with E-state index in [9.17, 15) is 8.78 Å². The highest BCUT2D eigenvalue weighted by molar-refractivity contribution is 5.33. The molecular weight excluding hydrogens is 242 g/mol. The van der Waals surface area contributed by atoms with Crippen molar-refractivity contribution in [1.82, 2.24) is 9.97 Å². The lowest BCUT2D eigenvalue weighted by Gasteiger charge is -2.08. The Bertz CT molecular complexity index is 577. The fraction of sp³-hybridized carbons (Fsp3) is 0.0909. The Morgan fingerprint density at radius 1 is 1.28 bits per heavy atom. The monoisotopic (exact) mass is 252 g/mol. The zero-order valence-corrected chi connectivity index (χ0v) is 9.45. The molecule has 2 rings (SSSR count). The third-order valence-electron chi connectivity index (χ3n) is 2.09. The minimum absolute atomic E-state index is 0.0694. The van der Waals surface area contributed by atoms with Crippen molar-refractivity contribution in [1.29, 1.82) is 0 Å². The van der Waals surface area contributed by atoms with Crippen LogP contribution in [-0.2, 0) is 0 Å². The molecule has 0 saturated carbocycles. The predicted octanol–water partition coefficient (Wildman–Crippen LogP) is 2.14. The smallest absolute Gasteiger partial charge is 0.240 e. The minimum Gasteiger partial charge on any atom is -0.436 e. The second-order valence-corrected chi connectivity index (χ2v) is 3.47. The van der Waals surface area contributed by atoms with Crippen LogP contribution in [0.15, 0.2) is 24.3 Å². The average Bonchev–Trinajstić information content (AvgIpc) is 2.34. The summed E-state index contributed by atoms with van der Waals surface area (Å²) in [5.74, 6) is 3.05. The lowest BCUT2D eigenvalue weighted by molar-refractivity contribution is 0.405. The van der Waals surface area contributed by atoms with Gasteiger partial charge in [-0.25, -0.2) is 15.2 Å². The number of benzene rings is 1.